The maximum Gasteiger partial charge on any atom is 0.310 e. The van der Waals surface area contributed by atoms with Gasteiger partial charge in [0, 0.05) is 5.56 Å². The Labute approximate surface area is 82.4 Å². The van der Waals surface area contributed by atoms with Crippen LogP contribution in [0.5, 0.6) is 0 Å². The summed E-state index contributed by atoms with van der Waals surface area (Å²) >= 11 is 0. The summed E-state index contributed by atoms with van der Waals surface area (Å²) in [6.07, 6.45) is 0. The van der Waals surface area contributed by atoms with Gasteiger partial charge in [-0.3, -0.25) is 4.79 Å². The van der Waals surface area contributed by atoms with Crippen LogP contribution >= 0.6 is 0 Å². The van der Waals surface area contributed by atoms with Gasteiger partial charge in [-0.25, -0.2) is 4.39 Å². The maximum atomic E-state index is 13.4. The lowest BCUT2D eigenvalue weighted by molar-refractivity contribution is -0.138. The summed E-state index contributed by atoms with van der Waals surface area (Å²) in [6.45, 7) is 5.08. The highest BCUT2D eigenvalue weighted by atomic mass is 19.1. The first-order valence-corrected chi connectivity index (χ1v) is 4.43. The van der Waals surface area contributed by atoms with Crippen LogP contribution in [-0.2, 0) is 4.79 Å². The lowest BCUT2D eigenvalue weighted by atomic mass is 9.93. The molecule has 0 aliphatic carbocycles. The number of aliphatic carboxylic acids is 1. The standard InChI is InChI=1S/C11H13FO2/c1-6-4-5-9(12)10(7(6)2)8(3)11(13)14/h4-5,8H,1-3H3,(H,13,14). The number of aryl methyl sites for hydroxylation is 1. The van der Waals surface area contributed by atoms with Gasteiger partial charge in [0.05, 0.1) is 5.92 Å². The van der Waals surface area contributed by atoms with Crippen molar-refractivity contribution in [3.63, 3.8) is 0 Å². The molecule has 76 valence electrons. The molecule has 1 aromatic carbocycles. The third kappa shape index (κ3) is 1.76. The number of carbonyl (C=O) groups is 1. The van der Waals surface area contributed by atoms with E-state index in [1.807, 2.05) is 6.92 Å². The lowest BCUT2D eigenvalue weighted by Gasteiger charge is -2.13. The zero-order valence-electron chi connectivity index (χ0n) is 8.47. The van der Waals surface area contributed by atoms with E-state index >= 15 is 0 Å². The van der Waals surface area contributed by atoms with Gasteiger partial charge in [-0.2, -0.15) is 0 Å². The fraction of sp³-hybridized carbons (Fsp3) is 0.364. The van der Waals surface area contributed by atoms with Crippen LogP contribution in [0.4, 0.5) is 4.39 Å². The first-order valence-electron chi connectivity index (χ1n) is 4.43. The molecule has 0 saturated carbocycles. The van der Waals surface area contributed by atoms with Crippen molar-refractivity contribution in [2.24, 2.45) is 0 Å². The molecule has 2 nitrogen and oxygen atoms in total. The minimum Gasteiger partial charge on any atom is -0.481 e. The average molecular weight is 196 g/mol. The summed E-state index contributed by atoms with van der Waals surface area (Å²) in [6, 6.07) is 2.97. The van der Waals surface area contributed by atoms with Crippen LogP contribution in [0, 0.1) is 19.7 Å². The largest absolute Gasteiger partial charge is 0.481 e. The van der Waals surface area contributed by atoms with Gasteiger partial charge in [0.15, 0.2) is 0 Å². The minimum atomic E-state index is -1.00. The molecule has 1 rings (SSSR count). The Balaban J connectivity index is 3.32. The summed E-state index contributed by atoms with van der Waals surface area (Å²) in [5, 5.41) is 8.81. The average Bonchev–Trinajstić information content (AvgIpc) is 2.12. The molecule has 0 bridgehead atoms. The molecule has 0 saturated heterocycles. The molecule has 0 aromatic heterocycles. The first kappa shape index (κ1) is 10.7. The fourth-order valence-corrected chi connectivity index (χ4v) is 1.46. The molecule has 1 atom stereocenters. The number of halogens is 1. The van der Waals surface area contributed by atoms with Gasteiger partial charge in [-0.1, -0.05) is 6.07 Å². The molecule has 0 radical (unpaired) electrons. The quantitative estimate of drug-likeness (QED) is 0.789. The van der Waals surface area contributed by atoms with Crippen molar-refractivity contribution in [1.82, 2.24) is 0 Å². The highest BCUT2D eigenvalue weighted by Crippen LogP contribution is 2.25. The van der Waals surface area contributed by atoms with E-state index in [4.69, 9.17) is 5.11 Å². The van der Waals surface area contributed by atoms with Crippen LogP contribution in [0.15, 0.2) is 12.1 Å². The molecule has 0 heterocycles. The van der Waals surface area contributed by atoms with Crippen molar-refractivity contribution in [3.8, 4) is 0 Å². The zero-order valence-corrected chi connectivity index (χ0v) is 8.47. The molecule has 3 heteroatoms. The van der Waals surface area contributed by atoms with E-state index in [1.165, 1.54) is 13.0 Å². The Kier molecular flexibility index (Phi) is 2.89. The van der Waals surface area contributed by atoms with E-state index in [0.717, 1.165) is 11.1 Å². The molecule has 1 unspecified atom stereocenters. The van der Waals surface area contributed by atoms with E-state index in [2.05, 4.69) is 0 Å². The van der Waals surface area contributed by atoms with Crippen LogP contribution in [-0.4, -0.2) is 11.1 Å². The lowest BCUT2D eigenvalue weighted by Crippen LogP contribution is -2.11. The summed E-state index contributed by atoms with van der Waals surface area (Å²) in [5.41, 5.74) is 1.92. The minimum absolute atomic E-state index is 0.289. The van der Waals surface area contributed by atoms with E-state index in [0.29, 0.717) is 0 Å². The number of carboxylic acid groups (broad SMARTS) is 1. The van der Waals surface area contributed by atoms with Gasteiger partial charge in [0.1, 0.15) is 5.82 Å². The van der Waals surface area contributed by atoms with E-state index in [-0.39, 0.29) is 5.56 Å². The monoisotopic (exact) mass is 196 g/mol. The van der Waals surface area contributed by atoms with Gasteiger partial charge in [-0.15, -0.1) is 0 Å². The predicted molar refractivity (Wildman–Crippen MR) is 51.9 cm³/mol. The fourth-order valence-electron chi connectivity index (χ4n) is 1.46. The molecule has 0 amide bonds. The summed E-state index contributed by atoms with van der Waals surface area (Å²) in [5.74, 6) is -2.24. The van der Waals surface area contributed by atoms with Crippen LogP contribution in [0.1, 0.15) is 29.5 Å². The van der Waals surface area contributed by atoms with Gasteiger partial charge in [0.25, 0.3) is 0 Å². The molecule has 14 heavy (non-hydrogen) atoms. The number of hydrogen-bond donors (Lipinski definition) is 1. The predicted octanol–water partition coefficient (Wildman–Crippen LogP) is 2.63. The van der Waals surface area contributed by atoms with Crippen molar-refractivity contribution in [1.29, 1.82) is 0 Å². The number of carboxylic acids is 1. The topological polar surface area (TPSA) is 37.3 Å². The second-order valence-corrected chi connectivity index (χ2v) is 3.46. The summed E-state index contributed by atoms with van der Waals surface area (Å²) < 4.78 is 13.4. The Morgan fingerprint density at radius 3 is 2.50 bits per heavy atom. The third-order valence-electron chi connectivity index (χ3n) is 2.54. The van der Waals surface area contributed by atoms with Crippen molar-refractivity contribution in [3.05, 3.63) is 34.6 Å². The molecule has 0 aliphatic rings. The van der Waals surface area contributed by atoms with Gasteiger partial charge >= 0.3 is 5.97 Å². The van der Waals surface area contributed by atoms with Crippen molar-refractivity contribution in [2.45, 2.75) is 26.7 Å². The second kappa shape index (κ2) is 3.78. The number of benzene rings is 1. The van der Waals surface area contributed by atoms with Crippen LogP contribution in [0.3, 0.4) is 0 Å². The SMILES string of the molecule is Cc1ccc(F)c(C(C)C(=O)O)c1C. The van der Waals surface area contributed by atoms with Crippen LogP contribution in [0.2, 0.25) is 0 Å². The number of rotatable bonds is 2. The molecule has 0 spiro atoms. The highest BCUT2D eigenvalue weighted by molar-refractivity contribution is 5.76. The van der Waals surface area contributed by atoms with Gasteiger partial charge in [0.2, 0.25) is 0 Å². The van der Waals surface area contributed by atoms with Gasteiger partial charge < -0.3 is 5.11 Å². The Morgan fingerprint density at radius 2 is 2.00 bits per heavy atom. The second-order valence-electron chi connectivity index (χ2n) is 3.46. The molecule has 0 fully saturated rings. The Hall–Kier alpha value is -1.38. The Morgan fingerprint density at radius 1 is 1.43 bits per heavy atom. The summed E-state index contributed by atoms with van der Waals surface area (Å²) in [4.78, 5) is 10.7. The van der Waals surface area contributed by atoms with E-state index in [1.54, 1.807) is 13.0 Å². The van der Waals surface area contributed by atoms with Gasteiger partial charge in [-0.05, 0) is 38.0 Å². The number of hydrogen-bond acceptors (Lipinski definition) is 1. The van der Waals surface area contributed by atoms with Crippen LogP contribution in [0.25, 0.3) is 0 Å². The molecule has 1 N–H and O–H groups in total. The smallest absolute Gasteiger partial charge is 0.310 e. The molecular formula is C11H13FO2. The van der Waals surface area contributed by atoms with E-state index in [9.17, 15) is 9.18 Å². The van der Waals surface area contributed by atoms with Crippen molar-refractivity contribution < 1.29 is 14.3 Å². The van der Waals surface area contributed by atoms with Crippen LogP contribution < -0.4 is 0 Å². The summed E-state index contributed by atoms with van der Waals surface area (Å²) in [7, 11) is 0. The normalized spacial score (nSPS) is 12.6. The van der Waals surface area contributed by atoms with Crippen molar-refractivity contribution >= 4 is 5.97 Å². The van der Waals surface area contributed by atoms with Crippen molar-refractivity contribution in [2.75, 3.05) is 0 Å². The zero-order chi connectivity index (χ0) is 10.9. The first-order chi connectivity index (χ1) is 6.45. The highest BCUT2D eigenvalue weighted by Gasteiger charge is 2.20. The van der Waals surface area contributed by atoms with E-state index < -0.39 is 17.7 Å². The molecule has 1 aromatic rings. The Bertz CT molecular complexity index is 372. The molecule has 0 aliphatic heterocycles. The molecular weight excluding hydrogens is 183 g/mol. The third-order valence-corrected chi connectivity index (χ3v) is 2.54. The maximum absolute atomic E-state index is 13.4.